The zero-order valence-electron chi connectivity index (χ0n) is 16.7. The van der Waals surface area contributed by atoms with Gasteiger partial charge in [0.05, 0.1) is 13.7 Å². The van der Waals surface area contributed by atoms with Crippen molar-refractivity contribution in [1.29, 1.82) is 0 Å². The number of amides is 1. The van der Waals surface area contributed by atoms with E-state index in [-0.39, 0.29) is 23.9 Å². The second kappa shape index (κ2) is 8.84. The van der Waals surface area contributed by atoms with Gasteiger partial charge in [0.25, 0.3) is 0 Å². The van der Waals surface area contributed by atoms with Gasteiger partial charge in [-0.2, -0.15) is 5.48 Å². The van der Waals surface area contributed by atoms with Gasteiger partial charge in [0, 0.05) is 19.1 Å². The maximum absolute atomic E-state index is 11.6. The van der Waals surface area contributed by atoms with Crippen LogP contribution in [0.3, 0.4) is 0 Å². The summed E-state index contributed by atoms with van der Waals surface area (Å²) < 4.78 is 5.67. The van der Waals surface area contributed by atoms with Crippen LogP contribution in [-0.2, 0) is 23.2 Å². The van der Waals surface area contributed by atoms with E-state index >= 15 is 0 Å². The van der Waals surface area contributed by atoms with Crippen molar-refractivity contribution in [2.45, 2.75) is 58.5 Å². The Morgan fingerprint density at radius 1 is 1.35 bits per heavy atom. The molecule has 1 aliphatic rings. The van der Waals surface area contributed by atoms with Crippen LogP contribution in [0.1, 0.15) is 50.8 Å². The minimum atomic E-state index is -0.202. The van der Waals surface area contributed by atoms with Crippen molar-refractivity contribution in [3.05, 3.63) is 28.8 Å². The first kappa shape index (κ1) is 20.7. The summed E-state index contributed by atoms with van der Waals surface area (Å²) in [6.07, 6.45) is 2.16. The first-order chi connectivity index (χ1) is 12.2. The van der Waals surface area contributed by atoms with Crippen molar-refractivity contribution >= 4 is 5.91 Å². The molecular formula is C20H33N3O3. The summed E-state index contributed by atoms with van der Waals surface area (Å²) in [5, 5.41) is 11.5. The molecule has 146 valence electrons. The first-order valence-corrected chi connectivity index (χ1v) is 9.33. The molecule has 2 rings (SSSR count). The smallest absolute Gasteiger partial charge is 0.236 e. The lowest BCUT2D eigenvalue weighted by Crippen LogP contribution is -2.44. The summed E-state index contributed by atoms with van der Waals surface area (Å²) in [6, 6.07) is 4.52. The molecule has 1 aromatic carbocycles. The molecule has 0 saturated carbocycles. The maximum Gasteiger partial charge on any atom is 0.236 e. The number of carbonyl (C=O) groups excluding carboxylic acids is 1. The molecule has 0 fully saturated rings. The van der Waals surface area contributed by atoms with Gasteiger partial charge in [0.2, 0.25) is 5.91 Å². The van der Waals surface area contributed by atoms with Crippen molar-refractivity contribution < 1.29 is 14.7 Å². The number of rotatable bonds is 6. The molecule has 0 radical (unpaired) electrons. The molecule has 1 heterocycles. The van der Waals surface area contributed by atoms with Crippen molar-refractivity contribution in [3.8, 4) is 5.75 Å². The molecule has 1 aromatic rings. The Kier molecular flexibility index (Phi) is 7.03. The minimum absolute atomic E-state index is 0.0214. The van der Waals surface area contributed by atoms with Gasteiger partial charge in [-0.15, -0.1) is 0 Å². The van der Waals surface area contributed by atoms with Gasteiger partial charge in [0.1, 0.15) is 5.75 Å². The molecule has 1 atom stereocenters. The number of methoxy groups -OCH3 is 1. The van der Waals surface area contributed by atoms with Gasteiger partial charge in [0.15, 0.2) is 0 Å². The molecule has 1 aliphatic heterocycles. The molecule has 0 aliphatic carbocycles. The van der Waals surface area contributed by atoms with Crippen LogP contribution in [-0.4, -0.2) is 48.8 Å². The predicted molar refractivity (Wildman–Crippen MR) is 103 cm³/mol. The van der Waals surface area contributed by atoms with Crippen LogP contribution < -0.4 is 15.5 Å². The Hall–Kier alpha value is -1.63. The second-order valence-electron chi connectivity index (χ2n) is 8.21. The number of carbonyl (C=O) groups is 1. The Bertz CT molecular complexity index is 625. The molecule has 1 amide bonds. The molecule has 6 nitrogen and oxygen atoms in total. The van der Waals surface area contributed by atoms with Crippen molar-refractivity contribution in [1.82, 2.24) is 15.7 Å². The molecule has 6 heteroatoms. The van der Waals surface area contributed by atoms with Gasteiger partial charge in [-0.05, 0) is 54.5 Å². The summed E-state index contributed by atoms with van der Waals surface area (Å²) in [7, 11) is 1.73. The number of hydrogen-bond donors (Lipinski definition) is 3. The number of ether oxygens (including phenoxy) is 1. The number of hydroxylamine groups is 1. The zero-order valence-corrected chi connectivity index (χ0v) is 16.7. The van der Waals surface area contributed by atoms with Crippen LogP contribution in [0.5, 0.6) is 5.75 Å². The highest BCUT2D eigenvalue weighted by atomic mass is 16.5. The Labute approximate surface area is 156 Å². The maximum atomic E-state index is 11.6. The number of fused-ring (bicyclic) bond motifs is 1. The Morgan fingerprint density at radius 2 is 2.08 bits per heavy atom. The predicted octanol–water partition coefficient (Wildman–Crippen LogP) is 2.22. The van der Waals surface area contributed by atoms with Crippen LogP contribution in [0.2, 0.25) is 0 Å². The fourth-order valence-electron chi connectivity index (χ4n) is 3.60. The fraction of sp³-hybridized carbons (Fsp3) is 0.650. The van der Waals surface area contributed by atoms with E-state index in [2.05, 4.69) is 43.1 Å². The SMILES string of the molecule is COc1cc2c(cc1C(C)(C)C)CCCN(C[C@H](C)NC(=O)CNO)C2. The third-order valence-electron chi connectivity index (χ3n) is 4.82. The van der Waals surface area contributed by atoms with E-state index in [1.807, 2.05) is 12.4 Å². The second-order valence-corrected chi connectivity index (χ2v) is 8.21. The first-order valence-electron chi connectivity index (χ1n) is 9.33. The van der Waals surface area contributed by atoms with Crippen molar-refractivity contribution in [2.75, 3.05) is 26.7 Å². The summed E-state index contributed by atoms with van der Waals surface area (Å²) >= 11 is 0. The highest BCUT2D eigenvalue weighted by Crippen LogP contribution is 2.35. The molecular weight excluding hydrogens is 330 g/mol. The summed E-state index contributed by atoms with van der Waals surface area (Å²) in [5.41, 5.74) is 5.90. The zero-order chi connectivity index (χ0) is 19.3. The molecule has 0 aromatic heterocycles. The van der Waals surface area contributed by atoms with Gasteiger partial charge in [-0.3, -0.25) is 9.69 Å². The molecule has 0 bridgehead atoms. The summed E-state index contributed by atoms with van der Waals surface area (Å²) in [4.78, 5) is 14.0. The normalized spacial score (nSPS) is 16.5. The van der Waals surface area contributed by atoms with Crippen LogP contribution >= 0.6 is 0 Å². The van der Waals surface area contributed by atoms with E-state index in [1.54, 1.807) is 7.11 Å². The van der Waals surface area contributed by atoms with E-state index in [1.165, 1.54) is 16.7 Å². The number of nitrogens with zero attached hydrogens (tertiary/aromatic N) is 1. The van der Waals surface area contributed by atoms with Crippen molar-refractivity contribution in [2.24, 2.45) is 0 Å². The Balaban J connectivity index is 2.13. The van der Waals surface area contributed by atoms with Gasteiger partial charge >= 0.3 is 0 Å². The standard InChI is InChI=1S/C20H33N3O3/c1-14(22-19(24)11-21-25)12-23-8-6-7-15-9-17(20(2,3)4)18(26-5)10-16(15)13-23/h9-10,14,21,25H,6-8,11-13H2,1-5H3,(H,22,24)/t14-/m0/s1. The lowest BCUT2D eigenvalue weighted by atomic mass is 9.83. The quantitative estimate of drug-likeness (QED) is 0.676. The topological polar surface area (TPSA) is 73.8 Å². The molecule has 0 saturated heterocycles. The third-order valence-corrected chi connectivity index (χ3v) is 4.82. The Morgan fingerprint density at radius 3 is 2.69 bits per heavy atom. The van der Waals surface area contributed by atoms with Crippen molar-refractivity contribution in [3.63, 3.8) is 0 Å². The average Bonchev–Trinajstić information content (AvgIpc) is 2.73. The number of hydrogen-bond acceptors (Lipinski definition) is 5. The molecule has 0 unspecified atom stereocenters. The lowest BCUT2D eigenvalue weighted by Gasteiger charge is -2.26. The highest BCUT2D eigenvalue weighted by Gasteiger charge is 2.24. The number of benzene rings is 1. The summed E-state index contributed by atoms with van der Waals surface area (Å²) in [5.74, 6) is 0.750. The average molecular weight is 364 g/mol. The summed E-state index contributed by atoms with van der Waals surface area (Å²) in [6.45, 7) is 11.2. The largest absolute Gasteiger partial charge is 0.496 e. The minimum Gasteiger partial charge on any atom is -0.496 e. The van der Waals surface area contributed by atoms with E-state index < -0.39 is 0 Å². The van der Waals surface area contributed by atoms with E-state index in [0.717, 1.165) is 38.2 Å². The lowest BCUT2D eigenvalue weighted by molar-refractivity contribution is -0.122. The van der Waals surface area contributed by atoms with E-state index in [9.17, 15) is 4.79 Å². The van der Waals surface area contributed by atoms with Gasteiger partial charge < -0.3 is 15.3 Å². The third kappa shape index (κ3) is 5.43. The van der Waals surface area contributed by atoms with E-state index in [0.29, 0.717) is 0 Å². The van der Waals surface area contributed by atoms with Crippen LogP contribution in [0.4, 0.5) is 0 Å². The van der Waals surface area contributed by atoms with Crippen LogP contribution in [0, 0.1) is 0 Å². The molecule has 0 spiro atoms. The van der Waals surface area contributed by atoms with Gasteiger partial charge in [-0.1, -0.05) is 26.8 Å². The number of aryl methyl sites for hydroxylation is 1. The van der Waals surface area contributed by atoms with Crippen LogP contribution in [0.15, 0.2) is 12.1 Å². The molecule has 3 N–H and O–H groups in total. The van der Waals surface area contributed by atoms with Gasteiger partial charge in [-0.25, -0.2) is 0 Å². The fourth-order valence-corrected chi connectivity index (χ4v) is 3.60. The van der Waals surface area contributed by atoms with E-state index in [4.69, 9.17) is 9.94 Å². The van der Waals surface area contributed by atoms with Crippen LogP contribution in [0.25, 0.3) is 0 Å². The highest BCUT2D eigenvalue weighted by molar-refractivity contribution is 5.78. The molecule has 26 heavy (non-hydrogen) atoms. The number of nitrogens with one attached hydrogen (secondary N) is 2. The monoisotopic (exact) mass is 363 g/mol.